The van der Waals surface area contributed by atoms with Gasteiger partial charge in [0.25, 0.3) is 5.91 Å². The summed E-state index contributed by atoms with van der Waals surface area (Å²) in [7, 11) is 1.57. The van der Waals surface area contributed by atoms with E-state index in [-0.39, 0.29) is 22.9 Å². The third-order valence-electron chi connectivity index (χ3n) is 5.89. The Kier molecular flexibility index (Phi) is 10.6. The summed E-state index contributed by atoms with van der Waals surface area (Å²) in [4.78, 5) is 26.9. The minimum absolute atomic E-state index is 0.0173. The van der Waals surface area contributed by atoms with Gasteiger partial charge >= 0.3 is 0 Å². The van der Waals surface area contributed by atoms with E-state index in [4.69, 9.17) is 14.2 Å². The third kappa shape index (κ3) is 7.90. The molecule has 0 aliphatic carbocycles. The maximum absolute atomic E-state index is 12.7. The number of nitrogens with zero attached hydrogens (tertiary/aromatic N) is 1. The van der Waals surface area contributed by atoms with Gasteiger partial charge in [-0.25, -0.2) is 0 Å². The normalized spacial score (nSPS) is 11.2. The number of unbranched alkanes of at least 4 members (excludes halogenated alkanes) is 1. The van der Waals surface area contributed by atoms with Gasteiger partial charge in [0.1, 0.15) is 11.5 Å². The molecule has 0 aliphatic heterocycles. The average molecular weight is 500 g/mol. The zero-order valence-corrected chi connectivity index (χ0v) is 22.8. The number of phenols is 1. The molecule has 0 bridgehead atoms. The van der Waals surface area contributed by atoms with E-state index < -0.39 is 0 Å². The van der Waals surface area contributed by atoms with Crippen molar-refractivity contribution in [1.82, 2.24) is 4.90 Å². The van der Waals surface area contributed by atoms with Crippen LogP contribution in [0.4, 0.5) is 0 Å². The van der Waals surface area contributed by atoms with Crippen molar-refractivity contribution in [2.75, 3.05) is 33.4 Å². The van der Waals surface area contributed by atoms with Crippen LogP contribution in [0.2, 0.25) is 0 Å². The fourth-order valence-corrected chi connectivity index (χ4v) is 3.82. The molecule has 0 spiro atoms. The molecule has 2 aromatic carbocycles. The highest BCUT2D eigenvalue weighted by Crippen LogP contribution is 2.33. The number of aromatic hydroxyl groups is 1. The van der Waals surface area contributed by atoms with E-state index >= 15 is 0 Å². The summed E-state index contributed by atoms with van der Waals surface area (Å²) >= 11 is 0. The summed E-state index contributed by atoms with van der Waals surface area (Å²) in [5.41, 5.74) is 1.31. The number of ether oxygens (including phenoxy) is 3. The molecule has 0 aliphatic rings. The van der Waals surface area contributed by atoms with Crippen LogP contribution >= 0.6 is 0 Å². The molecule has 0 heterocycles. The number of amides is 1. The predicted molar refractivity (Wildman–Crippen MR) is 142 cm³/mol. The molecule has 2 aromatic rings. The lowest BCUT2D eigenvalue weighted by atomic mass is 9.87. The molecule has 7 heteroatoms. The van der Waals surface area contributed by atoms with E-state index in [2.05, 4.69) is 0 Å². The molecule has 0 atom stereocenters. The highest BCUT2D eigenvalue weighted by atomic mass is 16.5. The molecule has 0 aromatic heterocycles. The van der Waals surface area contributed by atoms with E-state index in [1.165, 1.54) is 0 Å². The van der Waals surface area contributed by atoms with Crippen molar-refractivity contribution in [2.24, 2.45) is 5.41 Å². The number of methoxy groups -OCH3 is 1. The number of ketones is 1. The van der Waals surface area contributed by atoms with Gasteiger partial charge in [0, 0.05) is 30.6 Å². The highest BCUT2D eigenvalue weighted by molar-refractivity contribution is 5.99. The highest BCUT2D eigenvalue weighted by Gasteiger charge is 2.21. The fraction of sp³-hybridized carbons (Fsp3) is 0.517. The lowest BCUT2D eigenvalue weighted by molar-refractivity contribution is 0.0772. The maximum atomic E-state index is 12.7. The van der Waals surface area contributed by atoms with Crippen molar-refractivity contribution in [2.45, 2.75) is 60.8 Å². The van der Waals surface area contributed by atoms with Gasteiger partial charge in [-0.1, -0.05) is 20.8 Å². The monoisotopic (exact) mass is 499 g/mol. The number of carbonyl (C=O) groups excluding carboxylic acids is 2. The Bertz CT molecular complexity index is 1040. The Morgan fingerprint density at radius 1 is 0.917 bits per heavy atom. The molecular weight excluding hydrogens is 458 g/mol. The third-order valence-corrected chi connectivity index (χ3v) is 5.89. The summed E-state index contributed by atoms with van der Waals surface area (Å²) in [6.45, 7) is 13.8. The molecule has 0 radical (unpaired) electrons. The Labute approximate surface area is 215 Å². The Hall–Kier alpha value is -3.22. The zero-order chi connectivity index (χ0) is 26.9. The van der Waals surface area contributed by atoms with Crippen LogP contribution in [-0.4, -0.2) is 55.1 Å². The molecule has 2 rings (SSSR count). The van der Waals surface area contributed by atoms with Gasteiger partial charge in [0.05, 0.1) is 25.9 Å². The minimum Gasteiger partial charge on any atom is -0.507 e. The summed E-state index contributed by atoms with van der Waals surface area (Å²) in [6, 6.07) is 8.60. The minimum atomic E-state index is -0.152. The lowest BCUT2D eigenvalue weighted by Gasteiger charge is -2.19. The Morgan fingerprint density at radius 3 is 2.06 bits per heavy atom. The van der Waals surface area contributed by atoms with E-state index in [0.29, 0.717) is 66.7 Å². The van der Waals surface area contributed by atoms with Gasteiger partial charge < -0.3 is 24.2 Å². The van der Waals surface area contributed by atoms with Crippen molar-refractivity contribution < 1.29 is 28.9 Å². The van der Waals surface area contributed by atoms with Crippen molar-refractivity contribution >= 4 is 11.7 Å². The number of benzene rings is 2. The first-order valence-corrected chi connectivity index (χ1v) is 12.6. The number of carbonyl (C=O) groups is 2. The number of rotatable bonds is 13. The van der Waals surface area contributed by atoms with Crippen molar-refractivity contribution in [3.63, 3.8) is 0 Å². The molecule has 36 heavy (non-hydrogen) atoms. The van der Waals surface area contributed by atoms with Gasteiger partial charge in [-0.15, -0.1) is 0 Å². The second-order valence-electron chi connectivity index (χ2n) is 9.99. The van der Waals surface area contributed by atoms with Gasteiger partial charge in [0.2, 0.25) is 0 Å². The molecule has 0 saturated carbocycles. The standard InChI is InChI=1S/C29H41NO6/c1-8-30(9-2)28(33)21-12-14-25(34-7)26(18-21)36-17-11-10-16-35-24-15-13-22(27(32)20(24)3)23(31)19-29(4,5)6/h12-15,18,32H,8-11,16-17,19H2,1-7H3. The van der Waals surface area contributed by atoms with Crippen LogP contribution in [-0.2, 0) is 0 Å². The second-order valence-corrected chi connectivity index (χ2v) is 9.99. The van der Waals surface area contributed by atoms with Crippen LogP contribution < -0.4 is 14.2 Å². The SMILES string of the molecule is CCN(CC)C(=O)c1ccc(OC)c(OCCCCOc2ccc(C(=O)CC(C)(C)C)c(O)c2C)c1. The van der Waals surface area contributed by atoms with Crippen LogP contribution in [0.25, 0.3) is 0 Å². The molecule has 0 unspecified atom stereocenters. The van der Waals surface area contributed by atoms with Crippen LogP contribution in [0.1, 0.15) is 80.2 Å². The summed E-state index contributed by atoms with van der Waals surface area (Å²) in [5.74, 6) is 1.54. The molecule has 198 valence electrons. The molecule has 7 nitrogen and oxygen atoms in total. The van der Waals surface area contributed by atoms with Crippen LogP contribution in [0.15, 0.2) is 30.3 Å². The summed E-state index contributed by atoms with van der Waals surface area (Å²) < 4.78 is 17.1. The summed E-state index contributed by atoms with van der Waals surface area (Å²) in [6.07, 6.45) is 1.81. The Balaban J connectivity index is 1.90. The molecule has 1 N–H and O–H groups in total. The molecule has 0 saturated heterocycles. The van der Waals surface area contributed by atoms with E-state index in [0.717, 1.165) is 12.8 Å². The predicted octanol–water partition coefficient (Wildman–Crippen LogP) is 6.05. The van der Waals surface area contributed by atoms with Gasteiger partial charge in [0.15, 0.2) is 17.3 Å². The average Bonchev–Trinajstić information content (AvgIpc) is 2.83. The van der Waals surface area contributed by atoms with Crippen molar-refractivity contribution in [3.8, 4) is 23.0 Å². The quantitative estimate of drug-likeness (QED) is 0.267. The van der Waals surface area contributed by atoms with Gasteiger partial charge in [-0.2, -0.15) is 0 Å². The molecule has 1 amide bonds. The van der Waals surface area contributed by atoms with Crippen LogP contribution in [0.3, 0.4) is 0 Å². The van der Waals surface area contributed by atoms with Crippen molar-refractivity contribution in [3.05, 3.63) is 47.0 Å². The summed E-state index contributed by atoms with van der Waals surface area (Å²) in [5, 5.41) is 10.5. The maximum Gasteiger partial charge on any atom is 0.253 e. The zero-order valence-electron chi connectivity index (χ0n) is 22.8. The van der Waals surface area contributed by atoms with E-state index in [9.17, 15) is 14.7 Å². The van der Waals surface area contributed by atoms with Crippen LogP contribution in [0.5, 0.6) is 23.0 Å². The largest absolute Gasteiger partial charge is 0.507 e. The van der Waals surface area contributed by atoms with Crippen LogP contribution in [0, 0.1) is 12.3 Å². The van der Waals surface area contributed by atoms with E-state index in [1.807, 2.05) is 34.6 Å². The number of hydrogen-bond acceptors (Lipinski definition) is 6. The lowest BCUT2D eigenvalue weighted by Crippen LogP contribution is -2.30. The van der Waals surface area contributed by atoms with Gasteiger partial charge in [-0.05, 0) is 69.4 Å². The number of phenolic OH excluding ortho intramolecular Hbond substituents is 1. The first kappa shape index (κ1) is 29.0. The molecular formula is C29H41NO6. The Morgan fingerprint density at radius 2 is 1.50 bits per heavy atom. The second kappa shape index (κ2) is 13.2. The first-order valence-electron chi connectivity index (χ1n) is 12.6. The first-order chi connectivity index (χ1) is 17.0. The number of hydrogen-bond donors (Lipinski definition) is 1. The topological polar surface area (TPSA) is 85.3 Å². The number of Topliss-reactive ketones (excluding diaryl/α,β-unsaturated/α-hetero) is 1. The fourth-order valence-electron chi connectivity index (χ4n) is 3.82. The molecule has 0 fully saturated rings. The van der Waals surface area contributed by atoms with E-state index in [1.54, 1.807) is 49.3 Å². The van der Waals surface area contributed by atoms with Gasteiger partial charge in [-0.3, -0.25) is 9.59 Å². The van der Waals surface area contributed by atoms with Crippen molar-refractivity contribution in [1.29, 1.82) is 0 Å². The smallest absolute Gasteiger partial charge is 0.253 e.